The molecule has 1 amide bonds. The topological polar surface area (TPSA) is 59.2 Å². The molecule has 1 unspecified atom stereocenters. The molecule has 1 aliphatic rings. The van der Waals surface area contributed by atoms with Crippen LogP contribution in [0.15, 0.2) is 5.38 Å². The number of carbonyl (C=O) groups is 1. The summed E-state index contributed by atoms with van der Waals surface area (Å²) in [6.45, 7) is 0.820. The van der Waals surface area contributed by atoms with Crippen molar-refractivity contribution in [1.29, 1.82) is 0 Å². The van der Waals surface area contributed by atoms with E-state index in [1.165, 1.54) is 11.3 Å². The van der Waals surface area contributed by atoms with Crippen LogP contribution in [0, 0.1) is 0 Å². The van der Waals surface area contributed by atoms with Gasteiger partial charge in [0.25, 0.3) is 0 Å². The highest BCUT2D eigenvalue weighted by molar-refractivity contribution is 7.13. The smallest absolute Gasteiger partial charge is 0.231 e. The average molecular weight is 197 g/mol. The second kappa shape index (κ2) is 2.99. The molecular formula is C8H11N3OS. The molecule has 0 aliphatic carbocycles. The van der Waals surface area contributed by atoms with E-state index in [1.54, 1.807) is 4.90 Å². The summed E-state index contributed by atoms with van der Waals surface area (Å²) in [6.07, 6.45) is 0.860. The lowest BCUT2D eigenvalue weighted by molar-refractivity contribution is -0.127. The van der Waals surface area contributed by atoms with E-state index in [1.807, 2.05) is 12.4 Å². The monoisotopic (exact) mass is 197 g/mol. The summed E-state index contributed by atoms with van der Waals surface area (Å²) >= 11 is 1.39. The van der Waals surface area contributed by atoms with Gasteiger partial charge in [-0.05, 0) is 6.42 Å². The molecule has 0 aromatic carbocycles. The maximum atomic E-state index is 11.6. The Morgan fingerprint density at radius 1 is 1.77 bits per heavy atom. The first-order valence-corrected chi connectivity index (χ1v) is 5.02. The minimum absolute atomic E-state index is 0.0569. The Balaban J connectivity index is 2.23. The van der Waals surface area contributed by atoms with Gasteiger partial charge in [0.2, 0.25) is 5.91 Å². The fraction of sp³-hybridized carbons (Fsp3) is 0.500. The number of nitrogens with two attached hydrogens (primary N) is 1. The predicted molar refractivity (Wildman–Crippen MR) is 51.5 cm³/mol. The number of rotatable bonds is 1. The SMILES string of the molecule is CN1CCC(c2csc(N)n2)C1=O. The van der Waals surface area contributed by atoms with Crippen molar-refractivity contribution in [2.45, 2.75) is 12.3 Å². The normalized spacial score (nSPS) is 22.7. The lowest BCUT2D eigenvalue weighted by atomic mass is 10.1. The third kappa shape index (κ3) is 1.39. The molecule has 5 heteroatoms. The fourth-order valence-electron chi connectivity index (χ4n) is 1.56. The molecule has 2 rings (SSSR count). The molecule has 1 aromatic rings. The zero-order chi connectivity index (χ0) is 9.42. The Labute approximate surface area is 80.4 Å². The van der Waals surface area contributed by atoms with Crippen molar-refractivity contribution in [2.24, 2.45) is 0 Å². The number of anilines is 1. The first-order valence-electron chi connectivity index (χ1n) is 4.14. The zero-order valence-electron chi connectivity index (χ0n) is 7.36. The van der Waals surface area contributed by atoms with Crippen molar-refractivity contribution in [1.82, 2.24) is 9.88 Å². The van der Waals surface area contributed by atoms with Gasteiger partial charge in [-0.1, -0.05) is 0 Å². The second-order valence-electron chi connectivity index (χ2n) is 3.21. The summed E-state index contributed by atoms with van der Waals surface area (Å²) in [5.41, 5.74) is 6.34. The number of carbonyl (C=O) groups excluding carboxylic acids is 1. The first-order chi connectivity index (χ1) is 6.18. The van der Waals surface area contributed by atoms with Gasteiger partial charge in [0.15, 0.2) is 5.13 Å². The molecular weight excluding hydrogens is 186 g/mol. The van der Waals surface area contributed by atoms with Gasteiger partial charge in [-0.25, -0.2) is 4.98 Å². The number of hydrogen-bond donors (Lipinski definition) is 1. The number of amides is 1. The van der Waals surface area contributed by atoms with Gasteiger partial charge in [0, 0.05) is 19.0 Å². The first kappa shape index (κ1) is 8.50. The number of likely N-dealkylation sites (N-methyl/N-ethyl adjacent to an activating group) is 1. The van der Waals surface area contributed by atoms with E-state index in [9.17, 15) is 4.79 Å². The molecule has 0 radical (unpaired) electrons. The molecule has 4 nitrogen and oxygen atoms in total. The molecule has 70 valence electrons. The van der Waals surface area contributed by atoms with Crippen LogP contribution < -0.4 is 5.73 Å². The highest BCUT2D eigenvalue weighted by Gasteiger charge is 2.31. The third-order valence-electron chi connectivity index (χ3n) is 2.32. The van der Waals surface area contributed by atoms with E-state index >= 15 is 0 Å². The molecule has 1 fully saturated rings. The summed E-state index contributed by atoms with van der Waals surface area (Å²) in [5, 5.41) is 2.41. The number of thiazole rings is 1. The van der Waals surface area contributed by atoms with Crippen molar-refractivity contribution in [2.75, 3.05) is 19.3 Å². The summed E-state index contributed by atoms with van der Waals surface area (Å²) in [4.78, 5) is 17.4. The van der Waals surface area contributed by atoms with Crippen molar-refractivity contribution in [3.05, 3.63) is 11.1 Å². The van der Waals surface area contributed by atoms with Crippen molar-refractivity contribution >= 4 is 22.4 Å². The minimum Gasteiger partial charge on any atom is -0.375 e. The summed E-state index contributed by atoms with van der Waals surface area (Å²) < 4.78 is 0. The minimum atomic E-state index is -0.0569. The summed E-state index contributed by atoms with van der Waals surface area (Å²) in [7, 11) is 1.82. The highest BCUT2D eigenvalue weighted by atomic mass is 32.1. The molecule has 1 saturated heterocycles. The number of hydrogen-bond acceptors (Lipinski definition) is 4. The van der Waals surface area contributed by atoms with Crippen LogP contribution in [0.2, 0.25) is 0 Å². The molecule has 1 aromatic heterocycles. The van der Waals surface area contributed by atoms with E-state index in [0.717, 1.165) is 18.7 Å². The van der Waals surface area contributed by atoms with Gasteiger partial charge in [-0.2, -0.15) is 0 Å². The van der Waals surface area contributed by atoms with Gasteiger partial charge < -0.3 is 10.6 Å². The van der Waals surface area contributed by atoms with Crippen LogP contribution in [-0.4, -0.2) is 29.4 Å². The number of likely N-dealkylation sites (tertiary alicyclic amines) is 1. The predicted octanol–water partition coefficient (Wildman–Crippen LogP) is 0.671. The fourth-order valence-corrected chi connectivity index (χ4v) is 2.17. The van der Waals surface area contributed by atoms with Gasteiger partial charge in [0.1, 0.15) is 0 Å². The Bertz CT molecular complexity index is 336. The van der Waals surface area contributed by atoms with Crippen LogP contribution in [0.5, 0.6) is 0 Å². The number of nitrogens with zero attached hydrogens (tertiary/aromatic N) is 2. The lowest BCUT2D eigenvalue weighted by Crippen LogP contribution is -2.21. The van der Waals surface area contributed by atoms with Crippen molar-refractivity contribution < 1.29 is 4.79 Å². The maximum Gasteiger partial charge on any atom is 0.231 e. The van der Waals surface area contributed by atoms with Crippen LogP contribution in [0.1, 0.15) is 18.0 Å². The van der Waals surface area contributed by atoms with E-state index < -0.39 is 0 Å². The third-order valence-corrected chi connectivity index (χ3v) is 3.02. The maximum absolute atomic E-state index is 11.6. The summed E-state index contributed by atoms with van der Waals surface area (Å²) in [5.74, 6) is 0.101. The van der Waals surface area contributed by atoms with E-state index in [2.05, 4.69) is 4.98 Å². The van der Waals surface area contributed by atoms with Crippen molar-refractivity contribution in [3.8, 4) is 0 Å². The van der Waals surface area contributed by atoms with Crippen LogP contribution in [0.3, 0.4) is 0 Å². The zero-order valence-corrected chi connectivity index (χ0v) is 8.17. The van der Waals surface area contributed by atoms with Gasteiger partial charge in [0.05, 0.1) is 11.6 Å². The Hall–Kier alpha value is -1.10. The molecule has 2 heterocycles. The second-order valence-corrected chi connectivity index (χ2v) is 4.10. The quantitative estimate of drug-likeness (QED) is 0.720. The molecule has 0 saturated carbocycles. The Morgan fingerprint density at radius 3 is 3.00 bits per heavy atom. The molecule has 0 spiro atoms. The van der Waals surface area contributed by atoms with E-state index in [0.29, 0.717) is 5.13 Å². The van der Waals surface area contributed by atoms with Crippen LogP contribution in [0.4, 0.5) is 5.13 Å². The highest BCUT2D eigenvalue weighted by Crippen LogP contribution is 2.28. The molecule has 2 N–H and O–H groups in total. The molecule has 1 aliphatic heterocycles. The van der Waals surface area contributed by atoms with Gasteiger partial charge in [-0.15, -0.1) is 11.3 Å². The average Bonchev–Trinajstić information content (AvgIpc) is 2.62. The van der Waals surface area contributed by atoms with Crippen molar-refractivity contribution in [3.63, 3.8) is 0 Å². The van der Waals surface area contributed by atoms with E-state index in [4.69, 9.17) is 5.73 Å². The standard InChI is InChI=1S/C8H11N3OS/c1-11-3-2-5(7(11)12)6-4-13-8(9)10-6/h4-5H,2-3H2,1H3,(H2,9,10). The van der Waals surface area contributed by atoms with Crippen LogP contribution in [0.25, 0.3) is 0 Å². The number of aromatic nitrogens is 1. The largest absolute Gasteiger partial charge is 0.375 e. The Kier molecular flexibility index (Phi) is 1.95. The molecule has 1 atom stereocenters. The molecule has 13 heavy (non-hydrogen) atoms. The number of nitrogen functional groups attached to an aromatic ring is 1. The molecule has 0 bridgehead atoms. The van der Waals surface area contributed by atoms with Crippen LogP contribution >= 0.6 is 11.3 Å². The van der Waals surface area contributed by atoms with Gasteiger partial charge >= 0.3 is 0 Å². The summed E-state index contributed by atoms with van der Waals surface area (Å²) in [6, 6.07) is 0. The van der Waals surface area contributed by atoms with Gasteiger partial charge in [-0.3, -0.25) is 4.79 Å². The lowest BCUT2D eigenvalue weighted by Gasteiger charge is -2.07. The van der Waals surface area contributed by atoms with Crippen LogP contribution in [-0.2, 0) is 4.79 Å². The van der Waals surface area contributed by atoms with E-state index in [-0.39, 0.29) is 11.8 Å². The Morgan fingerprint density at radius 2 is 2.54 bits per heavy atom.